The van der Waals surface area contributed by atoms with Gasteiger partial charge in [-0.2, -0.15) is 9.78 Å². The summed E-state index contributed by atoms with van der Waals surface area (Å²) in [5.74, 6) is 2.23. The molecule has 208 valence electrons. The smallest absolute Gasteiger partial charge is 0.282 e. The molecule has 1 heterocycles. The standard InChI is InChI=1S/C34H32ClN3O3/c1-5-40-32-17-23(4)30(19-29(32)22(2)3)33-37-31-12-7-6-11-28(31)34(39)38(33)36-20-25-9-8-10-27(18-25)41-21-24-13-15-26(35)16-14-24/h6-20,22H,5,21H2,1-4H3. The van der Waals surface area contributed by atoms with E-state index in [-0.39, 0.29) is 11.5 Å². The summed E-state index contributed by atoms with van der Waals surface area (Å²) in [7, 11) is 0. The van der Waals surface area contributed by atoms with Crippen molar-refractivity contribution in [2.75, 3.05) is 6.61 Å². The Balaban J connectivity index is 1.55. The average Bonchev–Trinajstić information content (AvgIpc) is 2.97. The SMILES string of the molecule is CCOc1cc(C)c(-c2nc3ccccc3c(=O)n2N=Cc2cccc(OCc3ccc(Cl)cc3)c2)cc1C(C)C. The van der Waals surface area contributed by atoms with Crippen molar-refractivity contribution in [1.82, 2.24) is 9.66 Å². The number of aromatic nitrogens is 2. The third-order valence-corrected chi connectivity index (χ3v) is 7.02. The van der Waals surface area contributed by atoms with Gasteiger partial charge in [-0.3, -0.25) is 4.79 Å². The van der Waals surface area contributed by atoms with Crippen LogP contribution in [-0.4, -0.2) is 22.5 Å². The van der Waals surface area contributed by atoms with Crippen molar-refractivity contribution in [2.24, 2.45) is 5.10 Å². The van der Waals surface area contributed by atoms with Crippen molar-refractivity contribution in [3.05, 3.63) is 123 Å². The van der Waals surface area contributed by atoms with Gasteiger partial charge in [-0.1, -0.05) is 61.8 Å². The number of hydrogen-bond donors (Lipinski definition) is 0. The van der Waals surface area contributed by atoms with Crippen molar-refractivity contribution in [2.45, 2.75) is 40.2 Å². The molecule has 0 saturated carbocycles. The lowest BCUT2D eigenvalue weighted by Crippen LogP contribution is -2.20. The Hall–Kier alpha value is -4.42. The lowest BCUT2D eigenvalue weighted by Gasteiger charge is -2.18. The van der Waals surface area contributed by atoms with E-state index in [1.807, 2.05) is 86.6 Å². The molecule has 4 aromatic carbocycles. The second-order valence-corrected chi connectivity index (χ2v) is 10.5. The van der Waals surface area contributed by atoms with E-state index in [9.17, 15) is 4.79 Å². The van der Waals surface area contributed by atoms with Crippen molar-refractivity contribution in [3.8, 4) is 22.9 Å². The molecule has 0 aliphatic rings. The summed E-state index contributed by atoms with van der Waals surface area (Å²) in [4.78, 5) is 18.7. The molecule has 6 nitrogen and oxygen atoms in total. The van der Waals surface area contributed by atoms with Gasteiger partial charge in [0.2, 0.25) is 0 Å². The van der Waals surface area contributed by atoms with Crippen LogP contribution in [0.4, 0.5) is 0 Å². The van der Waals surface area contributed by atoms with Gasteiger partial charge in [0.25, 0.3) is 5.56 Å². The summed E-state index contributed by atoms with van der Waals surface area (Å²) in [6, 6.07) is 26.6. The second-order valence-electron chi connectivity index (χ2n) is 10.1. The number of benzene rings is 4. The Kier molecular flexibility index (Phi) is 8.50. The first kappa shape index (κ1) is 28.1. The van der Waals surface area contributed by atoms with Crippen LogP contribution in [-0.2, 0) is 6.61 Å². The molecule has 0 amide bonds. The molecule has 0 radical (unpaired) electrons. The van der Waals surface area contributed by atoms with Crippen LogP contribution in [0.3, 0.4) is 0 Å². The van der Waals surface area contributed by atoms with Gasteiger partial charge in [0.1, 0.15) is 18.1 Å². The van der Waals surface area contributed by atoms with Gasteiger partial charge < -0.3 is 9.47 Å². The fourth-order valence-electron chi connectivity index (χ4n) is 4.63. The lowest BCUT2D eigenvalue weighted by atomic mass is 9.96. The van der Waals surface area contributed by atoms with E-state index in [0.29, 0.717) is 40.7 Å². The van der Waals surface area contributed by atoms with Gasteiger partial charge in [0.05, 0.1) is 23.7 Å². The zero-order valence-electron chi connectivity index (χ0n) is 23.6. The average molecular weight is 566 g/mol. The van der Waals surface area contributed by atoms with Gasteiger partial charge in [0.15, 0.2) is 5.82 Å². The van der Waals surface area contributed by atoms with E-state index in [2.05, 4.69) is 25.0 Å². The Morgan fingerprint density at radius 2 is 1.76 bits per heavy atom. The maximum Gasteiger partial charge on any atom is 0.282 e. The summed E-state index contributed by atoms with van der Waals surface area (Å²) < 4.78 is 13.3. The quantitative estimate of drug-likeness (QED) is 0.170. The molecule has 0 unspecified atom stereocenters. The van der Waals surface area contributed by atoms with Gasteiger partial charge in [-0.05, 0) is 90.6 Å². The largest absolute Gasteiger partial charge is 0.494 e. The lowest BCUT2D eigenvalue weighted by molar-refractivity contribution is 0.306. The van der Waals surface area contributed by atoms with E-state index in [0.717, 1.165) is 33.6 Å². The first-order valence-electron chi connectivity index (χ1n) is 13.6. The third kappa shape index (κ3) is 6.34. The van der Waals surface area contributed by atoms with Crippen LogP contribution in [0.1, 0.15) is 48.9 Å². The Bertz CT molecular complexity index is 1780. The maximum atomic E-state index is 13.7. The summed E-state index contributed by atoms with van der Waals surface area (Å²) in [5.41, 5.74) is 5.01. The van der Waals surface area contributed by atoms with Crippen LogP contribution in [0, 0.1) is 6.92 Å². The Morgan fingerprint density at radius 3 is 2.51 bits per heavy atom. The molecule has 5 rings (SSSR count). The van der Waals surface area contributed by atoms with Crippen LogP contribution in [0.15, 0.2) is 94.8 Å². The summed E-state index contributed by atoms with van der Waals surface area (Å²) in [6.45, 7) is 9.20. The monoisotopic (exact) mass is 565 g/mol. The number of ether oxygens (including phenoxy) is 2. The van der Waals surface area contributed by atoms with E-state index in [1.54, 1.807) is 12.3 Å². The maximum absolute atomic E-state index is 13.7. The molecule has 0 aliphatic heterocycles. The normalized spacial score (nSPS) is 11.5. The molecule has 5 aromatic rings. The topological polar surface area (TPSA) is 65.7 Å². The first-order valence-corrected chi connectivity index (χ1v) is 14.0. The number of aryl methyl sites for hydroxylation is 1. The number of fused-ring (bicyclic) bond motifs is 1. The highest BCUT2D eigenvalue weighted by molar-refractivity contribution is 6.30. The molecule has 41 heavy (non-hydrogen) atoms. The van der Waals surface area contributed by atoms with Gasteiger partial charge in [0, 0.05) is 10.6 Å². The third-order valence-electron chi connectivity index (χ3n) is 6.77. The highest BCUT2D eigenvalue weighted by Gasteiger charge is 2.18. The summed E-state index contributed by atoms with van der Waals surface area (Å²) >= 11 is 5.99. The minimum atomic E-state index is -0.239. The van der Waals surface area contributed by atoms with Gasteiger partial charge >= 0.3 is 0 Å². The highest BCUT2D eigenvalue weighted by atomic mass is 35.5. The predicted molar refractivity (Wildman–Crippen MR) is 167 cm³/mol. The van der Waals surface area contributed by atoms with Crippen LogP contribution in [0.25, 0.3) is 22.3 Å². The molecule has 0 N–H and O–H groups in total. The molecule has 0 spiro atoms. The zero-order chi connectivity index (χ0) is 28.9. The fraction of sp³-hybridized carbons (Fsp3) is 0.206. The molecule has 0 fully saturated rings. The van der Waals surface area contributed by atoms with Crippen LogP contribution in [0.5, 0.6) is 11.5 Å². The Morgan fingerprint density at radius 1 is 0.976 bits per heavy atom. The number of nitrogens with zero attached hydrogens (tertiary/aromatic N) is 3. The minimum Gasteiger partial charge on any atom is -0.494 e. The first-order chi connectivity index (χ1) is 19.8. The zero-order valence-corrected chi connectivity index (χ0v) is 24.4. The molecule has 0 saturated heterocycles. The van der Waals surface area contributed by atoms with E-state index >= 15 is 0 Å². The van der Waals surface area contributed by atoms with Crippen LogP contribution in [0.2, 0.25) is 5.02 Å². The number of hydrogen-bond acceptors (Lipinski definition) is 5. The Labute approximate surface area is 244 Å². The molecular weight excluding hydrogens is 534 g/mol. The summed E-state index contributed by atoms with van der Waals surface area (Å²) in [5, 5.41) is 5.85. The van der Waals surface area contributed by atoms with Gasteiger partial charge in [-0.15, -0.1) is 0 Å². The number of rotatable bonds is 9. The van der Waals surface area contributed by atoms with Crippen molar-refractivity contribution >= 4 is 28.7 Å². The minimum absolute atomic E-state index is 0.218. The van der Waals surface area contributed by atoms with Gasteiger partial charge in [-0.25, -0.2) is 4.98 Å². The molecular formula is C34H32ClN3O3. The van der Waals surface area contributed by atoms with E-state index < -0.39 is 0 Å². The van der Waals surface area contributed by atoms with Crippen molar-refractivity contribution in [1.29, 1.82) is 0 Å². The second kappa shape index (κ2) is 12.4. The van der Waals surface area contributed by atoms with Crippen molar-refractivity contribution in [3.63, 3.8) is 0 Å². The van der Waals surface area contributed by atoms with E-state index in [4.69, 9.17) is 26.1 Å². The van der Waals surface area contributed by atoms with Crippen LogP contribution < -0.4 is 15.0 Å². The molecule has 0 aliphatic carbocycles. The van der Waals surface area contributed by atoms with Crippen molar-refractivity contribution < 1.29 is 9.47 Å². The number of halogens is 1. The van der Waals surface area contributed by atoms with Crippen LogP contribution >= 0.6 is 11.6 Å². The summed E-state index contributed by atoms with van der Waals surface area (Å²) in [6.07, 6.45) is 1.66. The molecule has 1 aromatic heterocycles. The number of para-hydroxylation sites is 1. The highest BCUT2D eigenvalue weighted by Crippen LogP contribution is 2.34. The fourth-order valence-corrected chi connectivity index (χ4v) is 4.76. The molecule has 7 heteroatoms. The molecule has 0 atom stereocenters. The molecule has 0 bridgehead atoms. The predicted octanol–water partition coefficient (Wildman–Crippen LogP) is 8.01. The van der Waals surface area contributed by atoms with E-state index in [1.165, 1.54) is 4.68 Å².